The summed E-state index contributed by atoms with van der Waals surface area (Å²) >= 11 is 0. The lowest BCUT2D eigenvalue weighted by Crippen LogP contribution is -2.18. The number of hydrogen-bond donors (Lipinski definition) is 1. The molecule has 0 radical (unpaired) electrons. The van der Waals surface area contributed by atoms with E-state index in [1.165, 1.54) is 42.5 Å². The van der Waals surface area contributed by atoms with E-state index >= 15 is 0 Å². The Balaban J connectivity index is 1.97. The minimum Gasteiger partial charge on any atom is -0.508 e. The Morgan fingerprint density at radius 3 is 2.50 bits per heavy atom. The van der Waals surface area contributed by atoms with Gasteiger partial charge in [-0.3, -0.25) is 0 Å². The van der Waals surface area contributed by atoms with Crippen LogP contribution in [0.5, 0.6) is 5.75 Å². The molecule has 1 fully saturated rings. The second-order valence-corrected chi connectivity index (χ2v) is 5.00. The van der Waals surface area contributed by atoms with Gasteiger partial charge in [-0.25, -0.2) is 0 Å². The molecule has 0 amide bonds. The molecule has 0 aromatic heterocycles. The largest absolute Gasteiger partial charge is 0.508 e. The van der Waals surface area contributed by atoms with Gasteiger partial charge in [0, 0.05) is 24.8 Å². The van der Waals surface area contributed by atoms with Gasteiger partial charge in [0.2, 0.25) is 0 Å². The van der Waals surface area contributed by atoms with Gasteiger partial charge in [-0.1, -0.05) is 0 Å². The first-order valence-corrected chi connectivity index (χ1v) is 6.44. The molecule has 3 rings (SSSR count). The molecule has 0 saturated carbocycles. The first-order valence-electron chi connectivity index (χ1n) is 6.44. The fraction of sp³-hybridized carbons (Fsp3) is 0.571. The molecule has 0 spiro atoms. The molecule has 1 saturated heterocycles. The first-order chi connectivity index (χ1) is 7.84. The molecule has 1 aromatic rings. The molecule has 0 bridgehead atoms. The van der Waals surface area contributed by atoms with E-state index in [-0.39, 0.29) is 0 Å². The number of benzene rings is 1. The van der Waals surface area contributed by atoms with Crippen molar-refractivity contribution < 1.29 is 5.11 Å². The number of fused-ring (bicyclic) bond motifs is 1. The van der Waals surface area contributed by atoms with Gasteiger partial charge in [-0.2, -0.15) is 0 Å². The molecule has 2 nitrogen and oxygen atoms in total. The second-order valence-electron chi connectivity index (χ2n) is 5.00. The summed E-state index contributed by atoms with van der Waals surface area (Å²) < 4.78 is 0. The van der Waals surface area contributed by atoms with Crippen LogP contribution in [-0.4, -0.2) is 18.2 Å². The SMILES string of the molecule is Oc1cc(N2CCCC2)cc2c1CCCC2. The summed E-state index contributed by atoms with van der Waals surface area (Å²) in [5.41, 5.74) is 3.82. The van der Waals surface area contributed by atoms with E-state index < -0.39 is 0 Å². The fourth-order valence-electron chi connectivity index (χ4n) is 2.99. The maximum atomic E-state index is 10.1. The molecule has 0 atom stereocenters. The van der Waals surface area contributed by atoms with Crippen LogP contribution in [0.3, 0.4) is 0 Å². The quantitative estimate of drug-likeness (QED) is 0.782. The van der Waals surface area contributed by atoms with Crippen LogP contribution in [0.15, 0.2) is 12.1 Å². The van der Waals surface area contributed by atoms with Crippen LogP contribution in [0.2, 0.25) is 0 Å². The van der Waals surface area contributed by atoms with Crippen LogP contribution >= 0.6 is 0 Å². The molecule has 0 unspecified atom stereocenters. The number of rotatable bonds is 1. The highest BCUT2D eigenvalue weighted by molar-refractivity contribution is 5.58. The van der Waals surface area contributed by atoms with Gasteiger partial charge in [0.15, 0.2) is 0 Å². The van der Waals surface area contributed by atoms with E-state index in [9.17, 15) is 5.11 Å². The third-order valence-corrected chi connectivity index (χ3v) is 3.90. The Labute approximate surface area is 96.9 Å². The lowest BCUT2D eigenvalue weighted by molar-refractivity contribution is 0.462. The van der Waals surface area contributed by atoms with Crippen molar-refractivity contribution in [1.82, 2.24) is 0 Å². The molecule has 86 valence electrons. The standard InChI is InChI=1S/C14H19NO/c16-14-10-12(15-7-3-4-8-15)9-11-5-1-2-6-13(11)14/h9-10,16H,1-8H2. The first kappa shape index (κ1) is 10.0. The van der Waals surface area contributed by atoms with Gasteiger partial charge in [0.25, 0.3) is 0 Å². The van der Waals surface area contributed by atoms with E-state index in [2.05, 4.69) is 11.0 Å². The van der Waals surface area contributed by atoms with E-state index in [1.54, 1.807) is 0 Å². The summed E-state index contributed by atoms with van der Waals surface area (Å²) in [4.78, 5) is 2.40. The molecule has 16 heavy (non-hydrogen) atoms. The zero-order valence-corrected chi connectivity index (χ0v) is 9.71. The number of phenolic OH excluding ortho intramolecular Hbond substituents is 1. The molecule has 1 aliphatic heterocycles. The van der Waals surface area contributed by atoms with Crippen molar-refractivity contribution in [2.45, 2.75) is 38.5 Å². The average Bonchev–Trinajstić information content (AvgIpc) is 2.82. The number of aromatic hydroxyl groups is 1. The molecular weight excluding hydrogens is 198 g/mol. The number of nitrogens with zero attached hydrogens (tertiary/aromatic N) is 1. The van der Waals surface area contributed by atoms with Crippen molar-refractivity contribution in [3.8, 4) is 5.75 Å². The van der Waals surface area contributed by atoms with E-state index in [1.807, 2.05) is 6.07 Å². The minimum absolute atomic E-state index is 0.527. The normalized spacial score (nSPS) is 19.9. The molecule has 1 aromatic carbocycles. The Morgan fingerprint density at radius 2 is 1.69 bits per heavy atom. The van der Waals surface area contributed by atoms with Gasteiger partial charge in [0.05, 0.1) is 0 Å². The number of hydrogen-bond acceptors (Lipinski definition) is 2. The maximum Gasteiger partial charge on any atom is 0.121 e. The predicted molar refractivity (Wildman–Crippen MR) is 66.2 cm³/mol. The van der Waals surface area contributed by atoms with Gasteiger partial charge in [0.1, 0.15) is 5.75 Å². The molecular formula is C14H19NO. The third kappa shape index (κ3) is 1.66. The number of phenols is 1. The summed E-state index contributed by atoms with van der Waals surface area (Å²) in [6, 6.07) is 4.27. The van der Waals surface area contributed by atoms with Gasteiger partial charge in [-0.05, 0) is 55.7 Å². The number of anilines is 1. The van der Waals surface area contributed by atoms with Crippen LogP contribution in [0.1, 0.15) is 36.8 Å². The van der Waals surface area contributed by atoms with Crippen LogP contribution in [-0.2, 0) is 12.8 Å². The van der Waals surface area contributed by atoms with Gasteiger partial charge in [-0.15, -0.1) is 0 Å². The molecule has 1 N–H and O–H groups in total. The van der Waals surface area contributed by atoms with Crippen molar-refractivity contribution in [2.75, 3.05) is 18.0 Å². The topological polar surface area (TPSA) is 23.5 Å². The molecule has 1 aliphatic carbocycles. The zero-order valence-electron chi connectivity index (χ0n) is 9.71. The molecule has 1 heterocycles. The van der Waals surface area contributed by atoms with Crippen molar-refractivity contribution in [2.24, 2.45) is 0 Å². The Bertz CT molecular complexity index is 394. The highest BCUT2D eigenvalue weighted by Crippen LogP contribution is 2.34. The predicted octanol–water partition coefficient (Wildman–Crippen LogP) is 2.87. The summed E-state index contributed by atoms with van der Waals surface area (Å²) in [6.45, 7) is 2.30. The summed E-state index contributed by atoms with van der Waals surface area (Å²) in [5, 5.41) is 10.1. The van der Waals surface area contributed by atoms with Crippen LogP contribution in [0.25, 0.3) is 0 Å². The fourth-order valence-corrected chi connectivity index (χ4v) is 2.99. The highest BCUT2D eigenvalue weighted by Gasteiger charge is 2.18. The van der Waals surface area contributed by atoms with E-state index in [0.29, 0.717) is 5.75 Å². The summed E-state index contributed by atoms with van der Waals surface area (Å²) in [5.74, 6) is 0.527. The summed E-state index contributed by atoms with van der Waals surface area (Å²) in [6.07, 6.45) is 7.28. The average molecular weight is 217 g/mol. The zero-order chi connectivity index (χ0) is 11.0. The van der Waals surface area contributed by atoms with Crippen LogP contribution in [0.4, 0.5) is 5.69 Å². The number of aryl methyl sites for hydroxylation is 1. The Kier molecular flexibility index (Phi) is 2.50. The van der Waals surface area contributed by atoms with Crippen molar-refractivity contribution in [1.29, 1.82) is 0 Å². The van der Waals surface area contributed by atoms with E-state index in [4.69, 9.17) is 0 Å². The lowest BCUT2D eigenvalue weighted by atomic mass is 9.90. The van der Waals surface area contributed by atoms with Gasteiger partial charge < -0.3 is 10.0 Å². The Morgan fingerprint density at radius 1 is 0.938 bits per heavy atom. The van der Waals surface area contributed by atoms with Crippen molar-refractivity contribution in [3.63, 3.8) is 0 Å². The van der Waals surface area contributed by atoms with Crippen LogP contribution < -0.4 is 4.90 Å². The van der Waals surface area contributed by atoms with Crippen molar-refractivity contribution >= 4 is 5.69 Å². The van der Waals surface area contributed by atoms with Crippen molar-refractivity contribution in [3.05, 3.63) is 23.3 Å². The monoisotopic (exact) mass is 217 g/mol. The molecule has 2 aliphatic rings. The summed E-state index contributed by atoms with van der Waals surface area (Å²) in [7, 11) is 0. The third-order valence-electron chi connectivity index (χ3n) is 3.90. The minimum atomic E-state index is 0.527. The molecule has 2 heteroatoms. The second kappa shape index (κ2) is 4.00. The van der Waals surface area contributed by atoms with Gasteiger partial charge >= 0.3 is 0 Å². The lowest BCUT2D eigenvalue weighted by Gasteiger charge is -2.23. The Hall–Kier alpha value is -1.18. The van der Waals surface area contributed by atoms with E-state index in [0.717, 1.165) is 25.9 Å². The smallest absolute Gasteiger partial charge is 0.121 e. The van der Waals surface area contributed by atoms with Crippen LogP contribution in [0, 0.1) is 0 Å². The maximum absolute atomic E-state index is 10.1. The highest BCUT2D eigenvalue weighted by atomic mass is 16.3.